The quantitative estimate of drug-likeness (QED) is 0.928. The molecule has 1 aliphatic heterocycles. The summed E-state index contributed by atoms with van der Waals surface area (Å²) in [6.07, 6.45) is 3.83. The van der Waals surface area contributed by atoms with Crippen LogP contribution in [-0.2, 0) is 17.9 Å². The monoisotopic (exact) mass is 299 g/mol. The van der Waals surface area contributed by atoms with Gasteiger partial charge in [-0.1, -0.05) is 24.4 Å². The molecule has 2 heterocycles. The molecule has 1 aliphatic rings. The highest BCUT2D eigenvalue weighted by molar-refractivity contribution is 6.31. The second kappa shape index (κ2) is 6.59. The number of rotatable bonds is 4. The smallest absolute Gasteiger partial charge is 0.320 e. The van der Waals surface area contributed by atoms with Gasteiger partial charge in [0.25, 0.3) is 0 Å². The van der Waals surface area contributed by atoms with Crippen LogP contribution < -0.4 is 0 Å². The van der Waals surface area contributed by atoms with E-state index in [-0.39, 0.29) is 0 Å². The Morgan fingerprint density at radius 2 is 2.20 bits per heavy atom. The van der Waals surface area contributed by atoms with Gasteiger partial charge in [0, 0.05) is 13.1 Å². The van der Waals surface area contributed by atoms with Gasteiger partial charge in [0.05, 0.1) is 16.4 Å². The first-order valence-electron chi connectivity index (χ1n) is 7.23. The molecule has 1 unspecified atom stereocenters. The fourth-order valence-corrected chi connectivity index (χ4v) is 3.04. The summed E-state index contributed by atoms with van der Waals surface area (Å²) in [4.78, 5) is 13.5. The zero-order valence-electron chi connectivity index (χ0n) is 12.1. The summed E-state index contributed by atoms with van der Waals surface area (Å²) >= 11 is 6.32. The number of likely N-dealkylation sites (tertiary alicyclic amines) is 1. The van der Waals surface area contributed by atoms with E-state index in [0.29, 0.717) is 18.0 Å². The van der Waals surface area contributed by atoms with E-state index in [0.717, 1.165) is 43.7 Å². The van der Waals surface area contributed by atoms with Crippen molar-refractivity contribution in [2.75, 3.05) is 6.54 Å². The third kappa shape index (κ3) is 3.15. The molecule has 0 aliphatic carbocycles. The highest BCUT2D eigenvalue weighted by Crippen LogP contribution is 2.25. The summed E-state index contributed by atoms with van der Waals surface area (Å²) in [6.45, 7) is 6.01. The first kappa shape index (κ1) is 15.3. The number of hydrogen-bond acceptors (Lipinski definition) is 3. The number of carboxylic acids is 1. The van der Waals surface area contributed by atoms with Crippen molar-refractivity contribution in [3.63, 3.8) is 0 Å². The second-order valence-electron chi connectivity index (χ2n) is 5.34. The standard InChI is InChI=1S/C14H22ClN3O2/c1-3-18-12(13(15)10(2)16-18)9-17-8-6-4-5-7-11(17)14(19)20/h11H,3-9H2,1-2H3,(H,19,20). The minimum Gasteiger partial charge on any atom is -0.480 e. The lowest BCUT2D eigenvalue weighted by Gasteiger charge is -2.26. The van der Waals surface area contributed by atoms with Crippen molar-refractivity contribution in [2.45, 2.75) is 58.7 Å². The summed E-state index contributed by atoms with van der Waals surface area (Å²) in [5.41, 5.74) is 1.74. The highest BCUT2D eigenvalue weighted by atomic mass is 35.5. The van der Waals surface area contributed by atoms with Gasteiger partial charge in [-0.05, 0) is 33.2 Å². The summed E-state index contributed by atoms with van der Waals surface area (Å²) < 4.78 is 1.88. The van der Waals surface area contributed by atoms with Crippen molar-refractivity contribution >= 4 is 17.6 Å². The molecule has 2 rings (SSSR count). The number of carboxylic acid groups (broad SMARTS) is 1. The van der Waals surface area contributed by atoms with Gasteiger partial charge in [-0.15, -0.1) is 0 Å². The van der Waals surface area contributed by atoms with E-state index in [9.17, 15) is 9.90 Å². The first-order chi connectivity index (χ1) is 9.54. The average Bonchev–Trinajstić information content (AvgIpc) is 2.60. The number of hydrogen-bond donors (Lipinski definition) is 1. The van der Waals surface area contributed by atoms with Gasteiger partial charge in [-0.25, -0.2) is 0 Å². The van der Waals surface area contributed by atoms with Crippen LogP contribution in [-0.4, -0.2) is 38.3 Å². The molecule has 0 saturated carbocycles. The van der Waals surface area contributed by atoms with Crippen molar-refractivity contribution in [3.8, 4) is 0 Å². The van der Waals surface area contributed by atoms with Crippen LogP contribution in [0.5, 0.6) is 0 Å². The number of aromatic nitrogens is 2. The molecule has 20 heavy (non-hydrogen) atoms. The van der Waals surface area contributed by atoms with Crippen molar-refractivity contribution in [2.24, 2.45) is 0 Å². The number of nitrogens with zero attached hydrogens (tertiary/aromatic N) is 3. The molecule has 112 valence electrons. The first-order valence-corrected chi connectivity index (χ1v) is 7.61. The van der Waals surface area contributed by atoms with Crippen LogP contribution in [0.4, 0.5) is 0 Å². The second-order valence-corrected chi connectivity index (χ2v) is 5.71. The Morgan fingerprint density at radius 3 is 2.85 bits per heavy atom. The van der Waals surface area contributed by atoms with Gasteiger partial charge < -0.3 is 5.11 Å². The van der Waals surface area contributed by atoms with Crippen LogP contribution in [0.1, 0.15) is 44.0 Å². The van der Waals surface area contributed by atoms with E-state index in [1.807, 2.05) is 23.4 Å². The Morgan fingerprint density at radius 1 is 1.45 bits per heavy atom. The molecule has 0 bridgehead atoms. The van der Waals surface area contributed by atoms with Crippen molar-refractivity contribution in [1.29, 1.82) is 0 Å². The summed E-state index contributed by atoms with van der Waals surface area (Å²) in [5.74, 6) is -0.734. The molecule has 1 N–H and O–H groups in total. The number of carbonyl (C=O) groups is 1. The zero-order chi connectivity index (χ0) is 14.7. The third-order valence-electron chi connectivity index (χ3n) is 3.95. The Bertz CT molecular complexity index is 487. The highest BCUT2D eigenvalue weighted by Gasteiger charge is 2.28. The minimum absolute atomic E-state index is 0.408. The minimum atomic E-state index is -0.734. The van der Waals surface area contributed by atoms with Gasteiger partial charge >= 0.3 is 5.97 Å². The Kier molecular flexibility index (Phi) is 5.05. The largest absolute Gasteiger partial charge is 0.480 e. The van der Waals surface area contributed by atoms with Gasteiger partial charge in [0.1, 0.15) is 6.04 Å². The topological polar surface area (TPSA) is 58.4 Å². The molecule has 5 nitrogen and oxygen atoms in total. The Hall–Kier alpha value is -1.07. The molecule has 1 saturated heterocycles. The average molecular weight is 300 g/mol. The summed E-state index contributed by atoms with van der Waals surface area (Å²) in [7, 11) is 0. The SMILES string of the molecule is CCn1nc(C)c(Cl)c1CN1CCCCCC1C(=O)O. The molecule has 6 heteroatoms. The Labute approximate surface area is 124 Å². The van der Waals surface area contributed by atoms with E-state index in [1.165, 1.54) is 0 Å². The molecule has 1 aromatic rings. The lowest BCUT2D eigenvalue weighted by Crippen LogP contribution is -2.40. The van der Waals surface area contributed by atoms with Crippen molar-refractivity contribution < 1.29 is 9.90 Å². The van der Waals surface area contributed by atoms with Crippen LogP contribution in [0.15, 0.2) is 0 Å². The van der Waals surface area contributed by atoms with Crippen molar-refractivity contribution in [1.82, 2.24) is 14.7 Å². The lowest BCUT2D eigenvalue weighted by atomic mass is 10.1. The van der Waals surface area contributed by atoms with E-state index in [4.69, 9.17) is 11.6 Å². The maximum absolute atomic E-state index is 11.5. The molecule has 0 aromatic carbocycles. The van der Waals surface area contributed by atoms with Crippen LogP contribution in [0.25, 0.3) is 0 Å². The molecular formula is C14H22ClN3O2. The van der Waals surface area contributed by atoms with Crippen LogP contribution in [0.2, 0.25) is 5.02 Å². The fourth-order valence-electron chi connectivity index (χ4n) is 2.85. The van der Waals surface area contributed by atoms with E-state index in [1.54, 1.807) is 0 Å². The maximum atomic E-state index is 11.5. The molecule has 0 amide bonds. The Balaban J connectivity index is 2.24. The van der Waals surface area contributed by atoms with Crippen molar-refractivity contribution in [3.05, 3.63) is 16.4 Å². The molecular weight excluding hydrogens is 278 g/mol. The predicted octanol–water partition coefficient (Wildman–Crippen LogP) is 2.69. The zero-order valence-corrected chi connectivity index (χ0v) is 12.9. The molecule has 0 radical (unpaired) electrons. The molecule has 1 atom stereocenters. The van der Waals surface area contributed by atoms with Crippen LogP contribution in [0, 0.1) is 6.92 Å². The van der Waals surface area contributed by atoms with Gasteiger partial charge in [0.15, 0.2) is 0 Å². The number of aliphatic carboxylic acids is 1. The normalized spacial score (nSPS) is 20.9. The predicted molar refractivity (Wildman–Crippen MR) is 77.9 cm³/mol. The maximum Gasteiger partial charge on any atom is 0.320 e. The molecule has 0 spiro atoms. The molecule has 1 aromatic heterocycles. The third-order valence-corrected chi connectivity index (χ3v) is 4.45. The lowest BCUT2D eigenvalue weighted by molar-refractivity contribution is -0.143. The van der Waals surface area contributed by atoms with Gasteiger partial charge in [-0.3, -0.25) is 14.4 Å². The van der Waals surface area contributed by atoms with E-state index in [2.05, 4.69) is 5.10 Å². The number of halogens is 1. The number of aryl methyl sites for hydroxylation is 2. The van der Waals surface area contributed by atoms with Gasteiger partial charge in [0.2, 0.25) is 0 Å². The van der Waals surface area contributed by atoms with Crippen LogP contribution in [0.3, 0.4) is 0 Å². The fraction of sp³-hybridized carbons (Fsp3) is 0.714. The van der Waals surface area contributed by atoms with Crippen LogP contribution >= 0.6 is 11.6 Å². The summed E-state index contributed by atoms with van der Waals surface area (Å²) in [5, 5.41) is 14.5. The van der Waals surface area contributed by atoms with E-state index >= 15 is 0 Å². The summed E-state index contributed by atoms with van der Waals surface area (Å²) in [6, 6.07) is -0.408. The van der Waals surface area contributed by atoms with Gasteiger partial charge in [-0.2, -0.15) is 5.10 Å². The molecule has 1 fully saturated rings. The van der Waals surface area contributed by atoms with E-state index < -0.39 is 12.0 Å².